The number of amides is 1. The van der Waals surface area contributed by atoms with Crippen molar-refractivity contribution >= 4 is 35.9 Å². The first-order chi connectivity index (χ1) is 30.4. The van der Waals surface area contributed by atoms with Crippen molar-refractivity contribution in [2.75, 3.05) is 85.1 Å². The average Bonchev–Trinajstić information content (AvgIpc) is 3.70. The van der Waals surface area contributed by atoms with Gasteiger partial charge in [0.25, 0.3) is 0 Å². The number of carboxylic acids is 1. The highest BCUT2D eigenvalue weighted by atomic mass is 16.6. The molecule has 0 bridgehead atoms. The summed E-state index contributed by atoms with van der Waals surface area (Å²) in [6.45, 7) is 18.7. The molecule has 2 heterocycles. The van der Waals surface area contributed by atoms with E-state index in [1.54, 1.807) is 62.3 Å². The van der Waals surface area contributed by atoms with Crippen molar-refractivity contribution in [1.82, 2.24) is 24.5 Å². The quantitative estimate of drug-likeness (QED) is 0.249. The molecule has 2 aliphatic heterocycles. The minimum atomic E-state index is -1.51. The van der Waals surface area contributed by atoms with E-state index in [1.165, 1.54) is 6.92 Å². The molecule has 2 saturated heterocycles. The third-order valence-corrected chi connectivity index (χ3v) is 11.2. The lowest BCUT2D eigenvalue weighted by Crippen LogP contribution is -2.57. The number of benzene rings is 2. The molecular formula is C48H69N5O12. The summed E-state index contributed by atoms with van der Waals surface area (Å²) in [6.07, 6.45) is -1.94. The Balaban J connectivity index is 1.46. The van der Waals surface area contributed by atoms with Crippen LogP contribution in [0.2, 0.25) is 0 Å². The first-order valence-electron chi connectivity index (χ1n) is 22.5. The van der Waals surface area contributed by atoms with Crippen LogP contribution in [0.5, 0.6) is 0 Å². The van der Waals surface area contributed by atoms with E-state index in [1.807, 2.05) is 68.1 Å². The molecule has 2 aromatic rings. The summed E-state index contributed by atoms with van der Waals surface area (Å²) < 4.78 is 28.9. The maximum Gasteiger partial charge on any atom is 0.410 e. The fourth-order valence-electron chi connectivity index (χ4n) is 8.70. The molecule has 0 radical (unpaired) electrons. The van der Waals surface area contributed by atoms with Gasteiger partial charge in [0.1, 0.15) is 29.5 Å². The van der Waals surface area contributed by atoms with Gasteiger partial charge in [0, 0.05) is 65.2 Å². The maximum absolute atomic E-state index is 14.2. The molecule has 5 rings (SSSR count). The van der Waals surface area contributed by atoms with Crippen molar-refractivity contribution in [2.45, 2.75) is 110 Å². The lowest BCUT2D eigenvalue weighted by Gasteiger charge is -2.38. The van der Waals surface area contributed by atoms with Crippen LogP contribution in [0, 0.1) is 0 Å². The highest BCUT2D eigenvalue weighted by molar-refractivity contribution is 5.83. The topological polar surface area (TPSA) is 185 Å². The minimum Gasteiger partial charge on any atom is -0.480 e. The lowest BCUT2D eigenvalue weighted by molar-refractivity contribution is -0.159. The zero-order valence-corrected chi connectivity index (χ0v) is 39.8. The molecule has 0 unspecified atom stereocenters. The molecule has 1 N–H and O–H groups in total. The number of hydrogen-bond donors (Lipinski definition) is 1. The van der Waals surface area contributed by atoms with Gasteiger partial charge in [-0.3, -0.25) is 43.7 Å². The summed E-state index contributed by atoms with van der Waals surface area (Å²) in [5.74, 6) is -3.62. The Bertz CT molecular complexity index is 1930. The molecule has 0 aromatic heterocycles. The Morgan fingerprint density at radius 1 is 0.600 bits per heavy atom. The van der Waals surface area contributed by atoms with E-state index in [0.29, 0.717) is 26.2 Å². The molecule has 17 heteroatoms. The van der Waals surface area contributed by atoms with Gasteiger partial charge in [-0.2, -0.15) is 0 Å². The number of esters is 4. The average molecular weight is 908 g/mol. The van der Waals surface area contributed by atoms with Crippen LogP contribution in [0.1, 0.15) is 86.3 Å². The van der Waals surface area contributed by atoms with E-state index in [4.69, 9.17) is 23.7 Å². The molecule has 65 heavy (non-hydrogen) atoms. The summed E-state index contributed by atoms with van der Waals surface area (Å²) >= 11 is 0. The van der Waals surface area contributed by atoms with Crippen molar-refractivity contribution in [1.29, 1.82) is 0 Å². The third kappa shape index (κ3) is 15.0. The van der Waals surface area contributed by atoms with Crippen molar-refractivity contribution < 1.29 is 57.6 Å². The van der Waals surface area contributed by atoms with E-state index in [2.05, 4.69) is 0 Å². The molecule has 0 spiro atoms. The number of hydrogen-bond acceptors (Lipinski definition) is 15. The Hall–Kier alpha value is -5.10. The van der Waals surface area contributed by atoms with Gasteiger partial charge in [-0.05, 0) is 84.6 Å². The fourth-order valence-corrected chi connectivity index (χ4v) is 8.70. The molecule has 358 valence electrons. The van der Waals surface area contributed by atoms with Gasteiger partial charge in [-0.25, -0.2) is 9.59 Å². The number of carbonyl (C=O) groups is 6. The van der Waals surface area contributed by atoms with Crippen molar-refractivity contribution in [2.24, 2.45) is 0 Å². The van der Waals surface area contributed by atoms with Crippen LogP contribution in [0.25, 0.3) is 11.1 Å². The summed E-state index contributed by atoms with van der Waals surface area (Å²) in [6, 6.07) is 13.2. The first-order valence-corrected chi connectivity index (χ1v) is 22.5. The normalized spacial score (nSPS) is 21.0. The second-order valence-corrected chi connectivity index (χ2v) is 20.0. The molecular weight excluding hydrogens is 839 g/mol. The summed E-state index contributed by atoms with van der Waals surface area (Å²) in [4.78, 5) is 88.8. The van der Waals surface area contributed by atoms with Crippen LogP contribution in [0.15, 0.2) is 48.5 Å². The molecule has 1 amide bonds. The smallest absolute Gasteiger partial charge is 0.410 e. The third-order valence-electron chi connectivity index (χ3n) is 11.2. The highest BCUT2D eigenvalue weighted by Gasteiger charge is 2.53. The molecule has 2 aromatic carbocycles. The van der Waals surface area contributed by atoms with Crippen LogP contribution in [-0.4, -0.2) is 186 Å². The number of carbonyl (C=O) groups excluding carboxylic acids is 5. The summed E-state index contributed by atoms with van der Waals surface area (Å²) in [7, 11) is 0. The number of carboxylic acid groups (broad SMARTS) is 1. The number of ether oxygens (including phenoxy) is 5. The second-order valence-electron chi connectivity index (χ2n) is 20.0. The Morgan fingerprint density at radius 3 is 1.35 bits per heavy atom. The largest absolute Gasteiger partial charge is 0.480 e. The minimum absolute atomic E-state index is 0.0396. The van der Waals surface area contributed by atoms with Crippen LogP contribution in [-0.2, 0) is 47.7 Å². The Morgan fingerprint density at radius 2 is 0.985 bits per heavy atom. The number of likely N-dealkylation sites (tertiary alicyclic amines) is 1. The van der Waals surface area contributed by atoms with Crippen LogP contribution >= 0.6 is 0 Å². The van der Waals surface area contributed by atoms with Crippen LogP contribution in [0.4, 0.5) is 4.79 Å². The van der Waals surface area contributed by atoms with E-state index >= 15 is 0 Å². The van der Waals surface area contributed by atoms with Gasteiger partial charge in [0.2, 0.25) is 0 Å². The first kappa shape index (κ1) is 50.9. The van der Waals surface area contributed by atoms with Gasteiger partial charge >= 0.3 is 35.9 Å². The van der Waals surface area contributed by atoms with Crippen molar-refractivity contribution in [3.8, 4) is 11.1 Å². The van der Waals surface area contributed by atoms with Crippen molar-refractivity contribution in [3.05, 3.63) is 59.7 Å². The highest BCUT2D eigenvalue weighted by Crippen LogP contribution is 2.44. The summed E-state index contributed by atoms with van der Waals surface area (Å²) in [5, 5.41) is 11.0. The van der Waals surface area contributed by atoms with Crippen LogP contribution in [0.3, 0.4) is 0 Å². The molecule has 2 fully saturated rings. The standard InChI is InChI=1S/C48H69N5O12/c1-32(54)62-38-27-53(45(60)61-31-37-35-17-13-11-15-33(35)34-16-12-14-18-36(34)37)43(44(58)59)42(38)52-25-23-50(29-40(56)64-47(5,6)7)21-19-49(28-39(55)63-46(2,3)4)20-22-51(24-26-52)30-41(57)65-48(8,9)10/h11-18,37-38,42-43H,19-31H2,1-10H3,(H,58,59)/t38-,42+,43-/m0/s1. The number of fused-ring (bicyclic) bond motifs is 3. The maximum atomic E-state index is 14.2. The lowest BCUT2D eigenvalue weighted by atomic mass is 9.98. The molecule has 1 aliphatic carbocycles. The van der Waals surface area contributed by atoms with Gasteiger partial charge < -0.3 is 28.8 Å². The number of rotatable bonds is 11. The van der Waals surface area contributed by atoms with E-state index in [-0.39, 0.29) is 64.9 Å². The van der Waals surface area contributed by atoms with Gasteiger partial charge in [-0.1, -0.05) is 48.5 Å². The zero-order valence-electron chi connectivity index (χ0n) is 39.8. The van der Waals surface area contributed by atoms with Gasteiger partial charge in [0.15, 0.2) is 6.04 Å². The summed E-state index contributed by atoms with van der Waals surface area (Å²) in [5.41, 5.74) is 1.84. The molecule has 0 saturated carbocycles. The van der Waals surface area contributed by atoms with Gasteiger partial charge in [-0.15, -0.1) is 0 Å². The predicted molar refractivity (Wildman–Crippen MR) is 241 cm³/mol. The monoisotopic (exact) mass is 907 g/mol. The van der Waals surface area contributed by atoms with E-state index < -0.39 is 70.9 Å². The zero-order chi connectivity index (χ0) is 47.9. The van der Waals surface area contributed by atoms with Gasteiger partial charge in [0.05, 0.1) is 32.2 Å². The fraction of sp³-hybridized carbons (Fsp3) is 0.625. The Kier molecular flexibility index (Phi) is 16.8. The van der Waals surface area contributed by atoms with E-state index in [0.717, 1.165) is 27.2 Å². The predicted octanol–water partition coefficient (Wildman–Crippen LogP) is 4.25. The Labute approximate surface area is 383 Å². The van der Waals surface area contributed by atoms with E-state index in [9.17, 15) is 33.9 Å². The number of nitrogens with zero attached hydrogens (tertiary/aromatic N) is 5. The second kappa shape index (κ2) is 21.5. The molecule has 3 atom stereocenters. The molecule has 3 aliphatic rings. The van der Waals surface area contributed by atoms with Crippen LogP contribution < -0.4 is 0 Å². The molecule has 17 nitrogen and oxygen atoms in total. The number of aliphatic carboxylic acids is 1. The van der Waals surface area contributed by atoms with Crippen molar-refractivity contribution in [3.63, 3.8) is 0 Å². The SMILES string of the molecule is CC(=O)O[C@H]1CN(C(=O)OCC2c3ccccc3-c3ccccc32)[C@H](C(=O)O)[C@@H]1N1CCN(CC(=O)OC(C)(C)C)CCN(CC(=O)OC(C)(C)C)CCN(CC(=O)OC(C)(C)C)CC1.